The number of carbonyl (C=O) groups excluding carboxylic acids is 1. The molecule has 0 aromatic rings. The Morgan fingerprint density at radius 2 is 2.26 bits per heavy atom. The van der Waals surface area contributed by atoms with Gasteiger partial charge in [0, 0.05) is 19.6 Å². The Balaban J connectivity index is 1.95. The molecule has 0 aromatic heterocycles. The molecule has 3 unspecified atom stereocenters. The number of aliphatic carboxylic acids is 1. The van der Waals surface area contributed by atoms with Crippen molar-refractivity contribution in [2.75, 3.05) is 19.6 Å². The third-order valence-corrected chi connectivity index (χ3v) is 4.35. The summed E-state index contributed by atoms with van der Waals surface area (Å²) in [5, 5.41) is 11.7. The molecule has 0 spiro atoms. The van der Waals surface area contributed by atoms with Crippen LogP contribution < -0.4 is 5.32 Å². The second kappa shape index (κ2) is 6.37. The minimum absolute atomic E-state index is 0.0892. The first kappa shape index (κ1) is 14.3. The Morgan fingerprint density at radius 3 is 2.95 bits per heavy atom. The highest BCUT2D eigenvalue weighted by Gasteiger charge is 2.33. The summed E-state index contributed by atoms with van der Waals surface area (Å²) in [4.78, 5) is 24.8. The standard InChI is InChI=1S/C14H24N2O3/c1-10-3-2-4-11(7-10)9-16-6-5-15-14(19)12(16)8-13(17)18/h10-12H,2-9H2,1H3,(H,15,19)(H,17,18). The summed E-state index contributed by atoms with van der Waals surface area (Å²) in [5.41, 5.74) is 0. The van der Waals surface area contributed by atoms with Crippen molar-refractivity contribution in [2.24, 2.45) is 11.8 Å². The van der Waals surface area contributed by atoms with Crippen LogP contribution in [0.3, 0.4) is 0 Å². The summed E-state index contributed by atoms with van der Waals surface area (Å²) < 4.78 is 0. The molecule has 0 bridgehead atoms. The van der Waals surface area contributed by atoms with E-state index in [0.717, 1.165) is 19.0 Å². The van der Waals surface area contributed by atoms with Gasteiger partial charge in [0.05, 0.1) is 12.5 Å². The minimum atomic E-state index is -0.899. The van der Waals surface area contributed by atoms with Gasteiger partial charge in [0.2, 0.25) is 5.91 Å². The number of amides is 1. The van der Waals surface area contributed by atoms with Gasteiger partial charge in [0.25, 0.3) is 0 Å². The Morgan fingerprint density at radius 1 is 1.47 bits per heavy atom. The van der Waals surface area contributed by atoms with Gasteiger partial charge in [0.1, 0.15) is 0 Å². The van der Waals surface area contributed by atoms with Crippen LogP contribution >= 0.6 is 0 Å². The van der Waals surface area contributed by atoms with Gasteiger partial charge in [0.15, 0.2) is 0 Å². The second-order valence-electron chi connectivity index (χ2n) is 6.04. The van der Waals surface area contributed by atoms with Gasteiger partial charge in [-0.25, -0.2) is 0 Å². The Labute approximate surface area is 114 Å². The van der Waals surface area contributed by atoms with Gasteiger partial charge in [-0.2, -0.15) is 0 Å². The molecule has 1 amide bonds. The van der Waals surface area contributed by atoms with Crippen LogP contribution in [-0.4, -0.2) is 47.6 Å². The zero-order valence-electron chi connectivity index (χ0n) is 11.6. The molecule has 2 aliphatic rings. The van der Waals surface area contributed by atoms with Crippen molar-refractivity contribution in [1.29, 1.82) is 0 Å². The average Bonchev–Trinajstić information content (AvgIpc) is 2.33. The van der Waals surface area contributed by atoms with Crippen LogP contribution in [0, 0.1) is 11.8 Å². The van der Waals surface area contributed by atoms with Gasteiger partial charge in [-0.1, -0.05) is 19.8 Å². The highest BCUT2D eigenvalue weighted by atomic mass is 16.4. The molecule has 2 fully saturated rings. The zero-order valence-corrected chi connectivity index (χ0v) is 11.6. The van der Waals surface area contributed by atoms with Crippen LogP contribution in [0.4, 0.5) is 0 Å². The van der Waals surface area contributed by atoms with E-state index in [2.05, 4.69) is 17.1 Å². The first-order chi connectivity index (χ1) is 9.06. The maximum atomic E-state index is 11.8. The number of piperazine rings is 1. The van der Waals surface area contributed by atoms with E-state index < -0.39 is 12.0 Å². The molecule has 5 nitrogen and oxygen atoms in total. The molecule has 5 heteroatoms. The first-order valence-electron chi connectivity index (χ1n) is 7.30. The van der Waals surface area contributed by atoms with E-state index in [1.807, 2.05) is 0 Å². The number of nitrogens with one attached hydrogen (secondary N) is 1. The smallest absolute Gasteiger partial charge is 0.305 e. The monoisotopic (exact) mass is 268 g/mol. The molecule has 2 rings (SSSR count). The SMILES string of the molecule is CC1CCCC(CN2CCNC(=O)C2CC(=O)O)C1. The molecule has 108 valence electrons. The summed E-state index contributed by atoms with van der Waals surface area (Å²) in [6, 6.07) is -0.483. The number of carbonyl (C=O) groups is 2. The summed E-state index contributed by atoms with van der Waals surface area (Å²) in [7, 11) is 0. The van der Waals surface area contributed by atoms with Crippen LogP contribution in [0.15, 0.2) is 0 Å². The lowest BCUT2D eigenvalue weighted by Crippen LogP contribution is -2.57. The predicted molar refractivity (Wildman–Crippen MR) is 71.7 cm³/mol. The average molecular weight is 268 g/mol. The predicted octanol–water partition coefficient (Wildman–Crippen LogP) is 1.09. The number of nitrogens with zero attached hydrogens (tertiary/aromatic N) is 1. The van der Waals surface area contributed by atoms with Gasteiger partial charge < -0.3 is 10.4 Å². The number of hydrogen-bond donors (Lipinski definition) is 2. The van der Waals surface area contributed by atoms with Crippen LogP contribution in [0.5, 0.6) is 0 Å². The van der Waals surface area contributed by atoms with Crippen molar-refractivity contribution in [3.05, 3.63) is 0 Å². The second-order valence-corrected chi connectivity index (χ2v) is 6.04. The lowest BCUT2D eigenvalue weighted by Gasteiger charge is -2.38. The summed E-state index contributed by atoms with van der Waals surface area (Å²) in [5.74, 6) is 0.350. The molecule has 0 radical (unpaired) electrons. The summed E-state index contributed by atoms with van der Waals surface area (Å²) in [6.45, 7) is 4.56. The molecule has 3 atom stereocenters. The van der Waals surface area contributed by atoms with Crippen molar-refractivity contribution in [3.63, 3.8) is 0 Å². The quantitative estimate of drug-likeness (QED) is 0.800. The fourth-order valence-corrected chi connectivity index (χ4v) is 3.43. The molecular formula is C14H24N2O3. The van der Waals surface area contributed by atoms with Crippen molar-refractivity contribution in [3.8, 4) is 0 Å². The zero-order chi connectivity index (χ0) is 13.8. The fourth-order valence-electron chi connectivity index (χ4n) is 3.43. The summed E-state index contributed by atoms with van der Waals surface area (Å²) in [6.07, 6.45) is 4.89. The van der Waals surface area contributed by atoms with Gasteiger partial charge in [-0.15, -0.1) is 0 Å². The lowest BCUT2D eigenvalue weighted by molar-refractivity contribution is -0.143. The minimum Gasteiger partial charge on any atom is -0.481 e. The van der Waals surface area contributed by atoms with E-state index in [1.54, 1.807) is 0 Å². The van der Waals surface area contributed by atoms with Gasteiger partial charge >= 0.3 is 5.97 Å². The number of hydrogen-bond acceptors (Lipinski definition) is 3. The number of carboxylic acid groups (broad SMARTS) is 1. The Kier molecular flexibility index (Phi) is 4.80. The van der Waals surface area contributed by atoms with Crippen molar-refractivity contribution < 1.29 is 14.7 Å². The molecule has 1 aliphatic carbocycles. The van der Waals surface area contributed by atoms with Gasteiger partial charge in [-0.05, 0) is 24.7 Å². The molecule has 1 aliphatic heterocycles. The summed E-state index contributed by atoms with van der Waals surface area (Å²) >= 11 is 0. The first-order valence-corrected chi connectivity index (χ1v) is 7.30. The lowest BCUT2D eigenvalue weighted by atomic mass is 9.82. The molecule has 1 saturated heterocycles. The van der Waals surface area contributed by atoms with Crippen LogP contribution in [0.2, 0.25) is 0 Å². The van der Waals surface area contributed by atoms with Crippen molar-refractivity contribution in [2.45, 2.75) is 45.1 Å². The van der Waals surface area contributed by atoms with E-state index in [4.69, 9.17) is 5.11 Å². The maximum Gasteiger partial charge on any atom is 0.305 e. The van der Waals surface area contributed by atoms with E-state index in [0.29, 0.717) is 12.5 Å². The van der Waals surface area contributed by atoms with E-state index in [1.165, 1.54) is 25.7 Å². The van der Waals surface area contributed by atoms with Crippen LogP contribution in [-0.2, 0) is 9.59 Å². The molecule has 0 aromatic carbocycles. The van der Waals surface area contributed by atoms with Crippen LogP contribution in [0.1, 0.15) is 39.0 Å². The third-order valence-electron chi connectivity index (χ3n) is 4.35. The van der Waals surface area contributed by atoms with Crippen LogP contribution in [0.25, 0.3) is 0 Å². The number of carboxylic acids is 1. The normalized spacial score (nSPS) is 32.9. The van der Waals surface area contributed by atoms with Crippen molar-refractivity contribution >= 4 is 11.9 Å². The van der Waals surface area contributed by atoms with E-state index in [9.17, 15) is 9.59 Å². The molecule has 2 N–H and O–H groups in total. The Bertz CT molecular complexity index is 346. The largest absolute Gasteiger partial charge is 0.481 e. The highest BCUT2D eigenvalue weighted by Crippen LogP contribution is 2.29. The molecule has 1 saturated carbocycles. The van der Waals surface area contributed by atoms with Gasteiger partial charge in [-0.3, -0.25) is 14.5 Å². The van der Waals surface area contributed by atoms with Crippen molar-refractivity contribution in [1.82, 2.24) is 10.2 Å². The Hall–Kier alpha value is -1.10. The topological polar surface area (TPSA) is 69.6 Å². The van der Waals surface area contributed by atoms with E-state index in [-0.39, 0.29) is 12.3 Å². The number of rotatable bonds is 4. The molecule has 1 heterocycles. The molecule has 19 heavy (non-hydrogen) atoms. The highest BCUT2D eigenvalue weighted by molar-refractivity contribution is 5.86. The third kappa shape index (κ3) is 3.93. The molecular weight excluding hydrogens is 244 g/mol. The maximum absolute atomic E-state index is 11.8. The van der Waals surface area contributed by atoms with E-state index >= 15 is 0 Å². The fraction of sp³-hybridized carbons (Fsp3) is 0.857.